The number of carbonyl (C=O) groups is 1. The highest BCUT2D eigenvalue weighted by atomic mass is 16.1. The minimum absolute atomic E-state index is 0.212. The molecule has 7 nitrogen and oxygen atoms in total. The molecule has 0 aliphatic carbocycles. The maximum atomic E-state index is 12.3. The van der Waals surface area contributed by atoms with Crippen molar-refractivity contribution in [3.8, 4) is 0 Å². The second-order valence-electron chi connectivity index (χ2n) is 6.28. The molecule has 2 N–H and O–H groups in total. The van der Waals surface area contributed by atoms with E-state index in [1.807, 2.05) is 56.3 Å². The van der Waals surface area contributed by atoms with E-state index in [0.29, 0.717) is 23.9 Å². The van der Waals surface area contributed by atoms with E-state index >= 15 is 0 Å². The summed E-state index contributed by atoms with van der Waals surface area (Å²) in [5.41, 5.74) is 2.69. The van der Waals surface area contributed by atoms with Crippen LogP contribution in [-0.2, 0) is 0 Å². The molecule has 26 heavy (non-hydrogen) atoms. The van der Waals surface area contributed by atoms with Crippen molar-refractivity contribution >= 4 is 28.4 Å². The summed E-state index contributed by atoms with van der Waals surface area (Å²) >= 11 is 0. The normalized spacial score (nSPS) is 10.9. The molecule has 134 valence electrons. The van der Waals surface area contributed by atoms with Crippen molar-refractivity contribution in [3.63, 3.8) is 0 Å². The first-order chi connectivity index (χ1) is 12.5. The average Bonchev–Trinajstić information content (AvgIpc) is 2.61. The molecule has 0 saturated carbocycles. The zero-order chi connectivity index (χ0) is 18.5. The molecule has 0 aliphatic rings. The van der Waals surface area contributed by atoms with Crippen LogP contribution >= 0.6 is 0 Å². The van der Waals surface area contributed by atoms with Crippen molar-refractivity contribution in [3.05, 3.63) is 54.0 Å². The zero-order valence-corrected chi connectivity index (χ0v) is 15.2. The molecule has 0 fully saturated rings. The van der Waals surface area contributed by atoms with Gasteiger partial charge < -0.3 is 15.5 Å². The Bertz CT molecular complexity index is 920. The van der Waals surface area contributed by atoms with Gasteiger partial charge in [0.15, 0.2) is 0 Å². The number of hydrogen-bond donors (Lipinski definition) is 2. The lowest BCUT2D eigenvalue weighted by atomic mass is 10.2. The number of fused-ring (bicyclic) bond motifs is 1. The van der Waals surface area contributed by atoms with Gasteiger partial charge in [0.1, 0.15) is 5.69 Å². The maximum Gasteiger partial charge on any atom is 0.270 e. The molecule has 0 atom stereocenters. The lowest BCUT2D eigenvalue weighted by molar-refractivity contribution is 0.0946. The van der Waals surface area contributed by atoms with Crippen molar-refractivity contribution in [1.29, 1.82) is 0 Å². The van der Waals surface area contributed by atoms with Gasteiger partial charge in [-0.15, -0.1) is 0 Å². The molecule has 3 rings (SSSR count). The number of likely N-dealkylation sites (N-methyl/N-ethyl adjacent to an activating group) is 1. The number of pyridine rings is 1. The minimum atomic E-state index is -0.212. The molecular weight excluding hydrogens is 328 g/mol. The van der Waals surface area contributed by atoms with Gasteiger partial charge in [0.2, 0.25) is 5.95 Å². The van der Waals surface area contributed by atoms with E-state index < -0.39 is 0 Å². The van der Waals surface area contributed by atoms with Gasteiger partial charge in [-0.05, 0) is 39.2 Å². The first-order valence-corrected chi connectivity index (χ1v) is 8.42. The van der Waals surface area contributed by atoms with Gasteiger partial charge in [0.25, 0.3) is 5.91 Å². The van der Waals surface area contributed by atoms with Gasteiger partial charge in [0.05, 0.1) is 11.2 Å². The minimum Gasteiger partial charge on any atom is -0.349 e. The summed E-state index contributed by atoms with van der Waals surface area (Å²) in [4.78, 5) is 27.5. The second kappa shape index (κ2) is 7.88. The van der Waals surface area contributed by atoms with E-state index in [9.17, 15) is 4.79 Å². The third-order valence-corrected chi connectivity index (χ3v) is 3.81. The van der Waals surface area contributed by atoms with Crippen LogP contribution in [0.25, 0.3) is 10.9 Å². The number of nitrogens with one attached hydrogen (secondary N) is 2. The molecule has 1 aromatic carbocycles. The Morgan fingerprint density at radius 1 is 1.15 bits per heavy atom. The Labute approximate surface area is 152 Å². The monoisotopic (exact) mass is 350 g/mol. The number of benzene rings is 1. The van der Waals surface area contributed by atoms with E-state index in [1.54, 1.807) is 12.3 Å². The zero-order valence-electron chi connectivity index (χ0n) is 15.2. The molecule has 0 spiro atoms. The molecule has 0 unspecified atom stereocenters. The van der Waals surface area contributed by atoms with Crippen molar-refractivity contribution in [2.75, 3.05) is 32.5 Å². The van der Waals surface area contributed by atoms with Gasteiger partial charge in [-0.1, -0.05) is 18.2 Å². The van der Waals surface area contributed by atoms with E-state index in [1.165, 1.54) is 0 Å². The van der Waals surface area contributed by atoms with Crippen LogP contribution in [0.3, 0.4) is 0 Å². The van der Waals surface area contributed by atoms with E-state index in [2.05, 4.69) is 25.6 Å². The molecule has 3 aromatic rings. The SMILES string of the molecule is Cc1cc(C(=O)NCCN(C)C)nc(Nc2cccc3cccnc23)n1. The number of aromatic nitrogens is 3. The summed E-state index contributed by atoms with van der Waals surface area (Å²) in [6.07, 6.45) is 1.74. The van der Waals surface area contributed by atoms with E-state index in [0.717, 1.165) is 23.1 Å². The summed E-state index contributed by atoms with van der Waals surface area (Å²) < 4.78 is 0. The standard InChI is InChI=1S/C19H22N6O/c1-13-12-16(18(26)21-10-11-25(2)3)24-19(22-13)23-15-8-4-6-14-7-5-9-20-17(14)15/h4-9,12H,10-11H2,1-3H3,(H,21,26)(H,22,23,24). The number of rotatable bonds is 6. The van der Waals surface area contributed by atoms with Crippen molar-refractivity contribution in [2.45, 2.75) is 6.92 Å². The summed E-state index contributed by atoms with van der Waals surface area (Å²) in [5, 5.41) is 7.07. The molecule has 0 bridgehead atoms. The van der Waals surface area contributed by atoms with Gasteiger partial charge in [-0.3, -0.25) is 9.78 Å². The fourth-order valence-corrected chi connectivity index (χ4v) is 2.55. The number of hydrogen-bond acceptors (Lipinski definition) is 6. The van der Waals surface area contributed by atoms with Gasteiger partial charge in [-0.2, -0.15) is 0 Å². The topological polar surface area (TPSA) is 83.0 Å². The van der Waals surface area contributed by atoms with Crippen molar-refractivity contribution < 1.29 is 4.79 Å². The summed E-state index contributed by atoms with van der Waals surface area (Å²) in [5.74, 6) is 0.164. The van der Waals surface area contributed by atoms with Crippen LogP contribution in [0.1, 0.15) is 16.2 Å². The van der Waals surface area contributed by atoms with Crippen molar-refractivity contribution in [2.24, 2.45) is 0 Å². The Hall–Kier alpha value is -3.06. The van der Waals surface area contributed by atoms with Crippen LogP contribution in [0.2, 0.25) is 0 Å². The highest BCUT2D eigenvalue weighted by Crippen LogP contribution is 2.23. The first kappa shape index (κ1) is 17.8. The van der Waals surface area contributed by atoms with Gasteiger partial charge in [-0.25, -0.2) is 9.97 Å². The first-order valence-electron chi connectivity index (χ1n) is 8.42. The fourth-order valence-electron chi connectivity index (χ4n) is 2.55. The third-order valence-electron chi connectivity index (χ3n) is 3.81. The van der Waals surface area contributed by atoms with Gasteiger partial charge >= 0.3 is 0 Å². The predicted molar refractivity (Wildman–Crippen MR) is 103 cm³/mol. The average molecular weight is 350 g/mol. The maximum absolute atomic E-state index is 12.3. The number of anilines is 2. The Kier molecular flexibility index (Phi) is 5.38. The van der Waals surface area contributed by atoms with Crippen LogP contribution in [0, 0.1) is 6.92 Å². The molecule has 2 aromatic heterocycles. The highest BCUT2D eigenvalue weighted by Gasteiger charge is 2.11. The molecule has 0 aliphatic heterocycles. The molecule has 1 amide bonds. The third kappa shape index (κ3) is 4.31. The van der Waals surface area contributed by atoms with Crippen LogP contribution < -0.4 is 10.6 Å². The van der Waals surface area contributed by atoms with Gasteiger partial charge in [0, 0.05) is 30.4 Å². The number of amides is 1. The lowest BCUT2D eigenvalue weighted by Crippen LogP contribution is -2.32. The summed E-state index contributed by atoms with van der Waals surface area (Å²) in [7, 11) is 3.92. The summed E-state index contributed by atoms with van der Waals surface area (Å²) in [6.45, 7) is 3.16. The second-order valence-corrected chi connectivity index (χ2v) is 6.28. The number of para-hydroxylation sites is 1. The van der Waals surface area contributed by atoms with Crippen LogP contribution in [-0.4, -0.2) is 52.9 Å². The van der Waals surface area contributed by atoms with Crippen LogP contribution in [0.5, 0.6) is 0 Å². The van der Waals surface area contributed by atoms with Crippen LogP contribution in [0.4, 0.5) is 11.6 Å². The van der Waals surface area contributed by atoms with E-state index in [4.69, 9.17) is 0 Å². The summed E-state index contributed by atoms with van der Waals surface area (Å²) in [6, 6.07) is 11.4. The molecule has 7 heteroatoms. The predicted octanol–water partition coefficient (Wildman–Crippen LogP) is 2.37. The van der Waals surface area contributed by atoms with Crippen LogP contribution in [0.15, 0.2) is 42.6 Å². The fraction of sp³-hybridized carbons (Fsp3) is 0.263. The molecule has 2 heterocycles. The number of nitrogens with zero attached hydrogens (tertiary/aromatic N) is 4. The lowest BCUT2D eigenvalue weighted by Gasteiger charge is -2.12. The number of carbonyl (C=O) groups excluding carboxylic acids is 1. The van der Waals surface area contributed by atoms with Crippen molar-refractivity contribution in [1.82, 2.24) is 25.2 Å². The Morgan fingerprint density at radius 3 is 2.77 bits per heavy atom. The smallest absolute Gasteiger partial charge is 0.270 e. The Morgan fingerprint density at radius 2 is 1.96 bits per heavy atom. The van der Waals surface area contributed by atoms with E-state index in [-0.39, 0.29) is 5.91 Å². The molecule has 0 saturated heterocycles. The molecule has 0 radical (unpaired) electrons. The molecular formula is C19H22N6O. The largest absolute Gasteiger partial charge is 0.349 e. The highest BCUT2D eigenvalue weighted by molar-refractivity contribution is 5.93. The quantitative estimate of drug-likeness (QED) is 0.710. The number of aryl methyl sites for hydroxylation is 1. The Balaban J connectivity index is 1.82.